The summed E-state index contributed by atoms with van der Waals surface area (Å²) in [5.41, 5.74) is 18.2. The van der Waals surface area contributed by atoms with Gasteiger partial charge in [0.15, 0.2) is 0 Å². The van der Waals surface area contributed by atoms with Gasteiger partial charge in [-0.25, -0.2) is 0 Å². The van der Waals surface area contributed by atoms with Gasteiger partial charge in [0.1, 0.15) is 0 Å². The van der Waals surface area contributed by atoms with Gasteiger partial charge in [0.05, 0.1) is 22.0 Å². The van der Waals surface area contributed by atoms with E-state index in [1.807, 2.05) is 18.5 Å². The lowest BCUT2D eigenvalue weighted by atomic mass is 9.67. The topological polar surface area (TPSA) is 26.0 Å². The lowest BCUT2D eigenvalue weighted by Gasteiger charge is -2.35. The Morgan fingerprint density at radius 3 is 1.71 bits per heavy atom. The Balaban J connectivity index is 1.07. The number of fused-ring (bicyclic) bond motifs is 7. The zero-order valence-corrected chi connectivity index (χ0v) is 36.0. The molecule has 0 N–H and O–H groups in total. The number of anilines is 3. The predicted octanol–water partition coefficient (Wildman–Crippen LogP) is 15.6. The monoisotopic (exact) mass is 842 g/mol. The summed E-state index contributed by atoms with van der Waals surface area (Å²) in [6.07, 6.45) is 5.94. The molecule has 1 aliphatic carbocycles. The van der Waals surface area contributed by atoms with Crippen LogP contribution in [0, 0.1) is 0 Å². The van der Waals surface area contributed by atoms with Crippen molar-refractivity contribution in [1.29, 1.82) is 0 Å². The Kier molecular flexibility index (Phi) is 8.72. The molecule has 310 valence electrons. The Morgan fingerprint density at radius 2 is 1.00 bits per heavy atom. The van der Waals surface area contributed by atoms with E-state index in [-0.39, 0.29) is 0 Å². The van der Waals surface area contributed by atoms with E-state index in [2.05, 4.69) is 256 Å². The van der Waals surface area contributed by atoms with Gasteiger partial charge in [-0.05, 0) is 136 Å². The van der Waals surface area contributed by atoms with Crippen LogP contribution in [0.2, 0.25) is 0 Å². The minimum Gasteiger partial charge on any atom is -0.317 e. The normalized spacial score (nSPS) is 12.7. The van der Waals surface area contributed by atoms with Crippen molar-refractivity contribution in [3.63, 3.8) is 0 Å². The number of aromatic nitrogens is 3. The molecule has 9 aromatic carbocycles. The fourth-order valence-electron chi connectivity index (χ4n) is 10.8. The first-order valence-corrected chi connectivity index (χ1v) is 22.6. The third-order valence-corrected chi connectivity index (χ3v) is 13.7. The van der Waals surface area contributed by atoms with Crippen molar-refractivity contribution >= 4 is 49.8 Å². The second kappa shape index (κ2) is 15.2. The Hall–Kier alpha value is -8.73. The number of benzene rings is 9. The quantitative estimate of drug-likeness (QED) is 0.152. The fraction of sp³-hybridized carbons (Fsp3) is 0.0161. The van der Waals surface area contributed by atoms with Crippen molar-refractivity contribution in [2.45, 2.75) is 5.41 Å². The molecule has 0 aliphatic heterocycles. The zero-order valence-electron chi connectivity index (χ0n) is 36.0. The standard InChI is InChI=1S/C62H42N4/c1-5-17-46(18-6-1)62(47-19-7-2-8-20-47)57-26-14-13-25-53(57)54-33-31-52(40-58(54)62)65(50-29-27-43(28-30-50)45-16-15-36-63-42-45)51-32-34-59-55(39-51)56-41-60-44(35-37-64(60)48-21-9-3-10-22-48)38-61(56)66(59)49-23-11-4-12-24-49/h1-42H. The highest BCUT2D eigenvalue weighted by molar-refractivity contribution is 6.14. The molecule has 0 fully saturated rings. The van der Waals surface area contributed by atoms with Crippen LogP contribution >= 0.6 is 0 Å². The molecule has 0 spiro atoms. The van der Waals surface area contributed by atoms with E-state index < -0.39 is 5.41 Å². The molecule has 3 heterocycles. The molecule has 0 amide bonds. The van der Waals surface area contributed by atoms with Gasteiger partial charge in [0.2, 0.25) is 0 Å². The maximum absolute atomic E-state index is 4.43. The molecule has 0 saturated heterocycles. The van der Waals surface area contributed by atoms with Gasteiger partial charge in [-0.2, -0.15) is 0 Å². The van der Waals surface area contributed by atoms with Crippen LogP contribution in [0.15, 0.2) is 255 Å². The predicted molar refractivity (Wildman–Crippen MR) is 273 cm³/mol. The molecule has 66 heavy (non-hydrogen) atoms. The van der Waals surface area contributed by atoms with Crippen molar-refractivity contribution in [1.82, 2.24) is 14.1 Å². The van der Waals surface area contributed by atoms with Gasteiger partial charge in [-0.3, -0.25) is 4.98 Å². The van der Waals surface area contributed by atoms with Gasteiger partial charge in [-0.1, -0.05) is 146 Å². The van der Waals surface area contributed by atoms with Crippen LogP contribution in [-0.4, -0.2) is 14.1 Å². The first-order chi connectivity index (χ1) is 32.7. The average Bonchev–Trinajstić information content (AvgIpc) is 4.05. The van der Waals surface area contributed by atoms with Crippen molar-refractivity contribution in [3.8, 4) is 33.6 Å². The number of hydrogen-bond acceptors (Lipinski definition) is 2. The van der Waals surface area contributed by atoms with Gasteiger partial charge in [0, 0.05) is 63.2 Å². The molecule has 4 nitrogen and oxygen atoms in total. The molecule has 0 bridgehead atoms. The van der Waals surface area contributed by atoms with E-state index in [1.54, 1.807) is 0 Å². The summed E-state index contributed by atoms with van der Waals surface area (Å²) in [6, 6.07) is 86.6. The second-order valence-electron chi connectivity index (χ2n) is 17.2. The molecule has 0 unspecified atom stereocenters. The third-order valence-electron chi connectivity index (χ3n) is 13.7. The Morgan fingerprint density at radius 1 is 0.394 bits per heavy atom. The van der Waals surface area contributed by atoms with Crippen LogP contribution in [0.5, 0.6) is 0 Å². The first-order valence-electron chi connectivity index (χ1n) is 22.6. The summed E-state index contributed by atoms with van der Waals surface area (Å²) in [5.74, 6) is 0. The maximum atomic E-state index is 4.43. The van der Waals surface area contributed by atoms with E-state index >= 15 is 0 Å². The van der Waals surface area contributed by atoms with E-state index in [4.69, 9.17) is 0 Å². The smallest absolute Gasteiger partial charge is 0.0714 e. The number of hydrogen-bond donors (Lipinski definition) is 0. The minimum atomic E-state index is -0.535. The fourth-order valence-corrected chi connectivity index (χ4v) is 10.8. The molecule has 1 aliphatic rings. The van der Waals surface area contributed by atoms with Gasteiger partial charge in [-0.15, -0.1) is 0 Å². The van der Waals surface area contributed by atoms with E-state index in [9.17, 15) is 0 Å². The molecule has 3 aromatic heterocycles. The van der Waals surface area contributed by atoms with E-state index in [0.717, 1.165) is 45.1 Å². The second-order valence-corrected chi connectivity index (χ2v) is 17.2. The summed E-state index contributed by atoms with van der Waals surface area (Å²) in [5, 5.41) is 3.58. The van der Waals surface area contributed by atoms with Crippen molar-refractivity contribution in [2.75, 3.05) is 4.90 Å². The number of nitrogens with zero attached hydrogens (tertiary/aromatic N) is 4. The minimum absolute atomic E-state index is 0.535. The highest BCUT2D eigenvalue weighted by atomic mass is 15.1. The number of rotatable bonds is 8. The summed E-state index contributed by atoms with van der Waals surface area (Å²) >= 11 is 0. The SMILES string of the molecule is c1ccc(-n2ccc3cc4c(cc32)c2cc(N(c3ccc(-c5cccnc5)cc3)c3ccc5c(c3)C(c3ccccc3)(c3ccccc3)c3ccccc3-5)ccc2n4-c2ccccc2)cc1. The Bertz CT molecular complexity index is 3690. The molecular weight excluding hydrogens is 801 g/mol. The summed E-state index contributed by atoms with van der Waals surface area (Å²) in [4.78, 5) is 6.87. The summed E-state index contributed by atoms with van der Waals surface area (Å²) in [7, 11) is 0. The van der Waals surface area contributed by atoms with Crippen LogP contribution in [0.1, 0.15) is 22.3 Å². The molecular formula is C62H42N4. The molecule has 12 aromatic rings. The molecule has 0 atom stereocenters. The molecule has 13 rings (SSSR count). The Labute approximate surface area is 383 Å². The maximum Gasteiger partial charge on any atom is 0.0714 e. The lowest BCUT2D eigenvalue weighted by Crippen LogP contribution is -2.28. The van der Waals surface area contributed by atoms with Crippen LogP contribution in [0.25, 0.3) is 66.3 Å². The lowest BCUT2D eigenvalue weighted by molar-refractivity contribution is 0.768. The molecule has 0 radical (unpaired) electrons. The third kappa shape index (κ3) is 5.82. The van der Waals surface area contributed by atoms with Crippen LogP contribution < -0.4 is 4.90 Å². The van der Waals surface area contributed by atoms with E-state index in [0.29, 0.717) is 0 Å². The van der Waals surface area contributed by atoms with Gasteiger partial charge < -0.3 is 14.0 Å². The summed E-state index contributed by atoms with van der Waals surface area (Å²) < 4.78 is 4.72. The molecule has 0 saturated carbocycles. The molecule has 4 heteroatoms. The van der Waals surface area contributed by atoms with Crippen molar-refractivity contribution in [3.05, 3.63) is 277 Å². The number of para-hydroxylation sites is 2. The largest absolute Gasteiger partial charge is 0.317 e. The summed E-state index contributed by atoms with van der Waals surface area (Å²) in [6.45, 7) is 0. The highest BCUT2D eigenvalue weighted by Gasteiger charge is 2.46. The zero-order chi connectivity index (χ0) is 43.6. The van der Waals surface area contributed by atoms with Crippen LogP contribution in [-0.2, 0) is 5.41 Å². The first kappa shape index (κ1) is 37.8. The van der Waals surface area contributed by atoms with Crippen LogP contribution in [0.4, 0.5) is 17.1 Å². The average molecular weight is 843 g/mol. The van der Waals surface area contributed by atoms with Gasteiger partial charge in [0.25, 0.3) is 0 Å². The number of pyridine rings is 1. The van der Waals surface area contributed by atoms with Crippen molar-refractivity contribution < 1.29 is 0 Å². The van der Waals surface area contributed by atoms with E-state index in [1.165, 1.54) is 60.6 Å². The highest BCUT2D eigenvalue weighted by Crippen LogP contribution is 2.57. The van der Waals surface area contributed by atoms with Crippen LogP contribution in [0.3, 0.4) is 0 Å². The van der Waals surface area contributed by atoms with Gasteiger partial charge >= 0.3 is 0 Å². The van der Waals surface area contributed by atoms with Crippen molar-refractivity contribution in [2.24, 2.45) is 0 Å².